The molecule has 1 aromatic carbocycles. The molecule has 0 amide bonds. The Morgan fingerprint density at radius 2 is 2.00 bits per heavy atom. The van der Waals surface area contributed by atoms with E-state index in [1.807, 2.05) is 32.0 Å². The van der Waals surface area contributed by atoms with Crippen molar-refractivity contribution in [1.29, 1.82) is 0 Å². The minimum absolute atomic E-state index is 0.762. The Morgan fingerprint density at radius 3 is 2.50 bits per heavy atom. The molecule has 0 aliphatic heterocycles. The first-order chi connectivity index (χ1) is 5.65. The van der Waals surface area contributed by atoms with Gasteiger partial charge in [0, 0.05) is 0 Å². The molecule has 0 aliphatic rings. The maximum atomic E-state index is 9.15. The first kappa shape index (κ1) is 9.44. The van der Waals surface area contributed by atoms with Gasteiger partial charge < -0.3 is 9.59 Å². The van der Waals surface area contributed by atoms with E-state index in [2.05, 4.69) is 0 Å². The predicted octanol–water partition coefficient (Wildman–Crippen LogP) is -0.0305. The maximum absolute atomic E-state index is 9.15. The van der Waals surface area contributed by atoms with E-state index in [1.54, 1.807) is 0 Å². The summed E-state index contributed by atoms with van der Waals surface area (Å²) in [5, 5.41) is 0.762. The monoisotopic (exact) mass is 182 g/mol. The van der Waals surface area contributed by atoms with Crippen LogP contribution in [0.2, 0.25) is 0 Å². The van der Waals surface area contributed by atoms with Crippen LogP contribution in [-0.4, -0.2) is 18.9 Å². The van der Waals surface area contributed by atoms with Gasteiger partial charge in [0.25, 0.3) is 0 Å². The van der Waals surface area contributed by atoms with Crippen LogP contribution in [0.5, 0.6) is 0 Å². The van der Waals surface area contributed by atoms with Crippen molar-refractivity contribution in [1.82, 2.24) is 0 Å². The number of aryl methyl sites for hydroxylation is 2. The lowest BCUT2D eigenvalue weighted by Gasteiger charge is -2.08. The second kappa shape index (κ2) is 3.84. The second-order valence-corrected chi connectivity index (χ2v) is 4.30. The van der Waals surface area contributed by atoms with Crippen LogP contribution in [0.1, 0.15) is 18.1 Å². The van der Waals surface area contributed by atoms with Crippen molar-refractivity contribution in [3.8, 4) is 0 Å². The van der Waals surface area contributed by atoms with Gasteiger partial charge in [-0.3, -0.25) is 0 Å². The molecule has 0 aliphatic carbocycles. The van der Waals surface area contributed by atoms with Gasteiger partial charge in [0.2, 0.25) is 0 Å². The maximum Gasteiger partial charge on any atom is 0.350 e. The summed E-state index contributed by atoms with van der Waals surface area (Å²) in [6, 6.07) is 5.84. The molecule has 0 bridgehead atoms. The van der Waals surface area contributed by atoms with Crippen LogP contribution < -0.4 is 5.19 Å². The number of hydrogen-bond donors (Lipinski definition) is 2. The van der Waals surface area contributed by atoms with Gasteiger partial charge in [-0.15, -0.1) is 0 Å². The van der Waals surface area contributed by atoms with Gasteiger partial charge in [0.15, 0.2) is 0 Å². The molecule has 2 nitrogen and oxygen atoms in total. The molecule has 0 saturated heterocycles. The normalized spacial score (nSPS) is 10.8. The van der Waals surface area contributed by atoms with E-state index in [4.69, 9.17) is 9.59 Å². The lowest BCUT2D eigenvalue weighted by Crippen LogP contribution is -2.33. The van der Waals surface area contributed by atoms with Crippen molar-refractivity contribution in [3.63, 3.8) is 0 Å². The Bertz CT molecular complexity index is 271. The molecule has 0 heterocycles. The summed E-state index contributed by atoms with van der Waals surface area (Å²) < 4.78 is 0. The van der Waals surface area contributed by atoms with E-state index < -0.39 is 9.28 Å². The van der Waals surface area contributed by atoms with Crippen LogP contribution in [0.15, 0.2) is 18.2 Å². The summed E-state index contributed by atoms with van der Waals surface area (Å²) in [6.45, 7) is 3.98. The SMILES string of the molecule is CCc1ccc(C)cc1[SiH](O)O. The molecule has 0 saturated carbocycles. The second-order valence-electron chi connectivity index (χ2n) is 2.93. The molecular weight excluding hydrogens is 168 g/mol. The number of hydrogen-bond acceptors (Lipinski definition) is 2. The van der Waals surface area contributed by atoms with E-state index in [-0.39, 0.29) is 0 Å². The largest absolute Gasteiger partial charge is 0.410 e. The fourth-order valence-electron chi connectivity index (χ4n) is 1.28. The average Bonchev–Trinajstić information content (AvgIpc) is 2.04. The molecule has 3 heteroatoms. The molecule has 1 rings (SSSR count). The van der Waals surface area contributed by atoms with Gasteiger partial charge in [-0.1, -0.05) is 30.7 Å². The van der Waals surface area contributed by atoms with Crippen molar-refractivity contribution in [3.05, 3.63) is 29.3 Å². The third-order valence-corrected chi connectivity index (χ3v) is 3.05. The van der Waals surface area contributed by atoms with E-state index in [0.717, 1.165) is 22.7 Å². The summed E-state index contributed by atoms with van der Waals surface area (Å²) in [5.41, 5.74) is 2.14. The molecule has 0 unspecified atom stereocenters. The van der Waals surface area contributed by atoms with Gasteiger partial charge in [0.05, 0.1) is 0 Å². The lowest BCUT2D eigenvalue weighted by atomic mass is 10.1. The average molecular weight is 182 g/mol. The highest BCUT2D eigenvalue weighted by atomic mass is 28.3. The molecule has 12 heavy (non-hydrogen) atoms. The van der Waals surface area contributed by atoms with Gasteiger partial charge >= 0.3 is 9.28 Å². The quantitative estimate of drug-likeness (QED) is 0.631. The van der Waals surface area contributed by atoms with Crippen molar-refractivity contribution in [2.75, 3.05) is 0 Å². The lowest BCUT2D eigenvalue weighted by molar-refractivity contribution is 0.425. The van der Waals surface area contributed by atoms with Crippen LogP contribution in [0.25, 0.3) is 0 Å². The minimum Gasteiger partial charge on any atom is -0.410 e. The molecule has 0 aromatic heterocycles. The zero-order chi connectivity index (χ0) is 9.14. The smallest absolute Gasteiger partial charge is 0.350 e. The van der Waals surface area contributed by atoms with Gasteiger partial charge in [0.1, 0.15) is 0 Å². The van der Waals surface area contributed by atoms with Crippen molar-refractivity contribution >= 4 is 14.5 Å². The molecule has 0 atom stereocenters. The molecular formula is C9H14O2Si. The standard InChI is InChI=1S/C9H14O2Si/c1-3-8-5-4-7(2)6-9(8)12(10)11/h4-6,10-12H,3H2,1-2H3. The molecule has 66 valence electrons. The van der Waals surface area contributed by atoms with E-state index in [9.17, 15) is 0 Å². The highest BCUT2D eigenvalue weighted by molar-refractivity contribution is 6.59. The predicted molar refractivity (Wildman–Crippen MR) is 51.8 cm³/mol. The molecule has 2 N–H and O–H groups in total. The third kappa shape index (κ3) is 1.94. The van der Waals surface area contributed by atoms with Crippen LogP contribution in [-0.2, 0) is 6.42 Å². The first-order valence-corrected chi connectivity index (χ1v) is 5.71. The summed E-state index contributed by atoms with van der Waals surface area (Å²) in [7, 11) is -2.61. The summed E-state index contributed by atoms with van der Waals surface area (Å²) >= 11 is 0. The molecule has 0 radical (unpaired) electrons. The van der Waals surface area contributed by atoms with Crippen molar-refractivity contribution in [2.45, 2.75) is 20.3 Å². The summed E-state index contributed by atoms with van der Waals surface area (Å²) in [4.78, 5) is 18.3. The van der Waals surface area contributed by atoms with E-state index in [0.29, 0.717) is 0 Å². The highest BCUT2D eigenvalue weighted by Gasteiger charge is 2.10. The Labute approximate surface area is 74.3 Å². The summed E-state index contributed by atoms with van der Waals surface area (Å²) in [5.74, 6) is 0. The number of rotatable bonds is 2. The minimum atomic E-state index is -2.61. The van der Waals surface area contributed by atoms with Crippen LogP contribution >= 0.6 is 0 Å². The fraction of sp³-hybridized carbons (Fsp3) is 0.333. The molecule has 1 aromatic rings. The zero-order valence-corrected chi connectivity index (χ0v) is 8.57. The van der Waals surface area contributed by atoms with Crippen molar-refractivity contribution < 1.29 is 9.59 Å². The Balaban J connectivity index is 3.12. The fourth-order valence-corrected chi connectivity index (χ4v) is 2.32. The first-order valence-electron chi connectivity index (χ1n) is 4.10. The van der Waals surface area contributed by atoms with Crippen LogP contribution in [0, 0.1) is 6.92 Å². The van der Waals surface area contributed by atoms with Crippen molar-refractivity contribution in [2.24, 2.45) is 0 Å². The summed E-state index contributed by atoms with van der Waals surface area (Å²) in [6.07, 6.45) is 0.861. The molecule has 0 fully saturated rings. The van der Waals surface area contributed by atoms with Gasteiger partial charge in [-0.05, 0) is 24.1 Å². The highest BCUT2D eigenvalue weighted by Crippen LogP contribution is 2.01. The van der Waals surface area contributed by atoms with Gasteiger partial charge in [-0.2, -0.15) is 0 Å². The molecule has 0 spiro atoms. The zero-order valence-electron chi connectivity index (χ0n) is 7.41. The van der Waals surface area contributed by atoms with E-state index in [1.165, 1.54) is 0 Å². The topological polar surface area (TPSA) is 40.5 Å². The third-order valence-electron chi connectivity index (χ3n) is 1.96. The number of benzene rings is 1. The van der Waals surface area contributed by atoms with Crippen LogP contribution in [0.4, 0.5) is 0 Å². The van der Waals surface area contributed by atoms with E-state index >= 15 is 0 Å². The Morgan fingerprint density at radius 1 is 1.33 bits per heavy atom. The van der Waals surface area contributed by atoms with Crippen LogP contribution in [0.3, 0.4) is 0 Å². The Hall–Kier alpha value is -0.643. The Kier molecular flexibility index (Phi) is 3.03. The van der Waals surface area contributed by atoms with Gasteiger partial charge in [-0.25, -0.2) is 0 Å².